The lowest BCUT2D eigenvalue weighted by atomic mass is 10.2. The van der Waals surface area contributed by atoms with E-state index in [1.165, 1.54) is 4.31 Å². The van der Waals surface area contributed by atoms with Gasteiger partial charge in [0.15, 0.2) is 0 Å². The number of carbonyl (C=O) groups excluding carboxylic acids is 2. The van der Waals surface area contributed by atoms with Crippen molar-refractivity contribution in [3.63, 3.8) is 0 Å². The molecule has 1 saturated heterocycles. The Morgan fingerprint density at radius 3 is 2.46 bits per heavy atom. The van der Waals surface area contributed by atoms with Crippen molar-refractivity contribution in [3.05, 3.63) is 23.8 Å². The zero-order valence-corrected chi connectivity index (χ0v) is 17.6. The Kier molecular flexibility index (Phi) is 7.82. The molecule has 9 heteroatoms. The van der Waals surface area contributed by atoms with Gasteiger partial charge in [-0.3, -0.25) is 10.1 Å². The largest absolute Gasteiger partial charge is 0.376 e. The fourth-order valence-electron chi connectivity index (χ4n) is 2.93. The minimum absolute atomic E-state index is 0.138. The second-order valence-electron chi connectivity index (χ2n) is 7.45. The van der Waals surface area contributed by atoms with Crippen LogP contribution in [0.15, 0.2) is 23.1 Å². The fraction of sp³-hybridized carbons (Fsp3) is 0.579. The van der Waals surface area contributed by atoms with Crippen LogP contribution in [-0.4, -0.2) is 50.8 Å². The molecule has 28 heavy (non-hydrogen) atoms. The number of amides is 3. The highest BCUT2D eigenvalue weighted by atomic mass is 32.2. The minimum atomic E-state index is -3.56. The number of piperidine rings is 1. The molecule has 0 radical (unpaired) electrons. The smallest absolute Gasteiger partial charge is 0.321 e. The van der Waals surface area contributed by atoms with Crippen LogP contribution in [0.4, 0.5) is 10.5 Å². The molecule has 0 spiro atoms. The number of carbonyl (C=O) groups is 2. The molecule has 1 heterocycles. The van der Waals surface area contributed by atoms with Gasteiger partial charge in [0.2, 0.25) is 15.9 Å². The lowest BCUT2D eigenvalue weighted by Crippen LogP contribution is -2.43. The van der Waals surface area contributed by atoms with Crippen molar-refractivity contribution < 1.29 is 18.0 Å². The first kappa shape index (κ1) is 22.2. The van der Waals surface area contributed by atoms with Gasteiger partial charge in [0.05, 0.1) is 11.4 Å². The summed E-state index contributed by atoms with van der Waals surface area (Å²) in [5.74, 6) is -0.214. The molecule has 0 unspecified atom stereocenters. The highest BCUT2D eigenvalue weighted by molar-refractivity contribution is 7.89. The van der Waals surface area contributed by atoms with E-state index in [1.54, 1.807) is 25.1 Å². The molecule has 3 N–H and O–H groups in total. The predicted molar refractivity (Wildman–Crippen MR) is 109 cm³/mol. The van der Waals surface area contributed by atoms with Gasteiger partial charge in [0.1, 0.15) is 0 Å². The number of sulfonamides is 1. The summed E-state index contributed by atoms with van der Waals surface area (Å²) in [5, 5.41) is 7.72. The molecule has 0 aromatic heterocycles. The van der Waals surface area contributed by atoms with Crippen molar-refractivity contribution >= 4 is 27.6 Å². The second-order valence-corrected chi connectivity index (χ2v) is 9.36. The van der Waals surface area contributed by atoms with Gasteiger partial charge in [-0.15, -0.1) is 0 Å². The van der Waals surface area contributed by atoms with Crippen molar-refractivity contribution in [2.75, 3.05) is 31.5 Å². The molecule has 2 rings (SSSR count). The summed E-state index contributed by atoms with van der Waals surface area (Å²) in [6.45, 7) is 7.07. The van der Waals surface area contributed by atoms with E-state index in [0.717, 1.165) is 19.3 Å². The predicted octanol–water partition coefficient (Wildman–Crippen LogP) is 2.06. The monoisotopic (exact) mass is 410 g/mol. The highest BCUT2D eigenvalue weighted by Crippen LogP contribution is 2.25. The third-order valence-corrected chi connectivity index (χ3v) is 6.54. The summed E-state index contributed by atoms with van der Waals surface area (Å²) >= 11 is 0. The average molecular weight is 411 g/mol. The standard InChI is InChI=1S/C19H30N4O4S/c1-14(2)12-21-19(25)22-18(24)13-20-16-8-7-15(3)17(11-16)28(26,27)23-9-5-4-6-10-23/h7-8,11,14,20H,4-6,9-10,12-13H2,1-3H3,(H2,21,22,24,25). The van der Waals surface area contributed by atoms with Crippen molar-refractivity contribution in [2.24, 2.45) is 5.92 Å². The maximum Gasteiger partial charge on any atom is 0.321 e. The van der Waals surface area contributed by atoms with Crippen molar-refractivity contribution in [1.82, 2.24) is 14.9 Å². The summed E-state index contributed by atoms with van der Waals surface area (Å²) < 4.78 is 27.4. The molecule has 1 aliphatic rings. The Bertz CT molecular complexity index is 802. The highest BCUT2D eigenvalue weighted by Gasteiger charge is 2.27. The zero-order valence-electron chi connectivity index (χ0n) is 16.7. The second kappa shape index (κ2) is 9.88. The third-order valence-electron chi connectivity index (χ3n) is 4.50. The van der Waals surface area contributed by atoms with Gasteiger partial charge in [-0.2, -0.15) is 4.31 Å². The number of nitrogens with one attached hydrogen (secondary N) is 3. The van der Waals surface area contributed by atoms with Gasteiger partial charge in [-0.05, 0) is 43.4 Å². The molecule has 1 aliphatic heterocycles. The van der Waals surface area contributed by atoms with Crippen LogP contribution >= 0.6 is 0 Å². The molecule has 0 bridgehead atoms. The van der Waals surface area contributed by atoms with Crippen LogP contribution in [0.25, 0.3) is 0 Å². The van der Waals surface area contributed by atoms with Crippen molar-refractivity contribution in [1.29, 1.82) is 0 Å². The molecule has 0 saturated carbocycles. The average Bonchev–Trinajstić information content (AvgIpc) is 2.66. The molecule has 1 aromatic carbocycles. The Hall–Kier alpha value is -2.13. The molecule has 1 aromatic rings. The van der Waals surface area contributed by atoms with Gasteiger partial charge in [0, 0.05) is 25.3 Å². The molecule has 3 amide bonds. The Morgan fingerprint density at radius 2 is 1.82 bits per heavy atom. The summed E-state index contributed by atoms with van der Waals surface area (Å²) in [4.78, 5) is 23.8. The van der Waals surface area contributed by atoms with Gasteiger partial charge >= 0.3 is 6.03 Å². The van der Waals surface area contributed by atoms with E-state index in [0.29, 0.717) is 30.9 Å². The van der Waals surface area contributed by atoms with Crippen LogP contribution in [0.3, 0.4) is 0 Å². The number of rotatable bonds is 7. The lowest BCUT2D eigenvalue weighted by molar-refractivity contribution is -0.118. The molecular formula is C19H30N4O4S. The number of hydrogen-bond acceptors (Lipinski definition) is 5. The first-order chi connectivity index (χ1) is 13.2. The van der Waals surface area contributed by atoms with E-state index in [1.807, 2.05) is 13.8 Å². The molecule has 0 atom stereocenters. The van der Waals surface area contributed by atoms with E-state index in [2.05, 4.69) is 16.0 Å². The number of nitrogens with zero attached hydrogens (tertiary/aromatic N) is 1. The quantitative estimate of drug-likeness (QED) is 0.638. The molecule has 1 fully saturated rings. The number of aryl methyl sites for hydroxylation is 1. The van der Waals surface area contributed by atoms with Crippen molar-refractivity contribution in [2.45, 2.75) is 44.9 Å². The van der Waals surface area contributed by atoms with E-state index in [4.69, 9.17) is 0 Å². The number of imide groups is 1. The first-order valence-corrected chi connectivity index (χ1v) is 11.1. The fourth-order valence-corrected chi connectivity index (χ4v) is 4.69. The number of urea groups is 1. The summed E-state index contributed by atoms with van der Waals surface area (Å²) in [7, 11) is -3.56. The molecule has 0 aliphatic carbocycles. The molecule has 8 nitrogen and oxygen atoms in total. The summed E-state index contributed by atoms with van der Waals surface area (Å²) in [6.07, 6.45) is 2.79. The Morgan fingerprint density at radius 1 is 1.14 bits per heavy atom. The van der Waals surface area contributed by atoms with E-state index in [9.17, 15) is 18.0 Å². The summed E-state index contributed by atoms with van der Waals surface area (Å²) in [5.41, 5.74) is 1.17. The van der Waals surface area contributed by atoms with E-state index < -0.39 is 22.0 Å². The third kappa shape index (κ3) is 6.20. The van der Waals surface area contributed by atoms with Crippen LogP contribution in [0.5, 0.6) is 0 Å². The normalized spacial score (nSPS) is 15.3. The van der Waals surface area contributed by atoms with Crippen molar-refractivity contribution in [3.8, 4) is 0 Å². The van der Waals surface area contributed by atoms with Gasteiger partial charge in [-0.1, -0.05) is 26.3 Å². The number of benzene rings is 1. The maximum atomic E-state index is 12.9. The Balaban J connectivity index is 1.99. The van der Waals surface area contributed by atoms with Crippen LogP contribution < -0.4 is 16.0 Å². The topological polar surface area (TPSA) is 108 Å². The first-order valence-electron chi connectivity index (χ1n) is 9.62. The summed E-state index contributed by atoms with van der Waals surface area (Å²) in [6, 6.07) is 4.44. The van der Waals surface area contributed by atoms with Crippen LogP contribution in [0.1, 0.15) is 38.7 Å². The Labute approximate surface area is 167 Å². The van der Waals surface area contributed by atoms with E-state index >= 15 is 0 Å². The lowest BCUT2D eigenvalue weighted by Gasteiger charge is -2.26. The number of hydrogen-bond donors (Lipinski definition) is 3. The van der Waals surface area contributed by atoms with Gasteiger partial charge in [-0.25, -0.2) is 13.2 Å². The van der Waals surface area contributed by atoms with Crippen LogP contribution in [-0.2, 0) is 14.8 Å². The van der Waals surface area contributed by atoms with Gasteiger partial charge in [0.25, 0.3) is 0 Å². The van der Waals surface area contributed by atoms with E-state index in [-0.39, 0.29) is 17.4 Å². The molecular weight excluding hydrogens is 380 g/mol. The minimum Gasteiger partial charge on any atom is -0.376 e. The van der Waals surface area contributed by atoms with Gasteiger partial charge < -0.3 is 10.6 Å². The SMILES string of the molecule is Cc1ccc(NCC(=O)NC(=O)NCC(C)C)cc1S(=O)(=O)N1CCCCC1. The zero-order chi connectivity index (χ0) is 20.7. The number of anilines is 1. The van der Waals surface area contributed by atoms with Crippen LogP contribution in [0.2, 0.25) is 0 Å². The maximum absolute atomic E-state index is 12.9. The van der Waals surface area contributed by atoms with Crippen LogP contribution in [0, 0.1) is 12.8 Å². The molecule has 156 valence electrons.